The number of fused-ring (bicyclic) bond motifs is 1. The highest BCUT2D eigenvalue weighted by Crippen LogP contribution is 2.29. The number of carbonyl (C=O) groups is 2. The van der Waals surface area contributed by atoms with Crippen molar-refractivity contribution in [3.05, 3.63) is 46.2 Å². The molecule has 0 fully saturated rings. The maximum Gasteiger partial charge on any atom is 0.277 e. The molecule has 0 unspecified atom stereocenters. The second kappa shape index (κ2) is 5.14. The van der Waals surface area contributed by atoms with Crippen LogP contribution in [0.3, 0.4) is 0 Å². The number of hydrogen-bond acceptors (Lipinski definition) is 3. The van der Waals surface area contributed by atoms with Gasteiger partial charge in [0, 0.05) is 17.3 Å². The number of halogens is 1. The predicted molar refractivity (Wildman–Crippen MR) is 83.3 cm³/mol. The van der Waals surface area contributed by atoms with Gasteiger partial charge in [-0.2, -0.15) is 5.10 Å². The smallest absolute Gasteiger partial charge is 0.277 e. The SMILES string of the molecule is Cc1cc(N2C[C@H](C)n3ncc(C(N)=O)c3C2=O)ccc1Cl. The van der Waals surface area contributed by atoms with Gasteiger partial charge in [0.1, 0.15) is 5.69 Å². The Morgan fingerprint density at radius 1 is 1.45 bits per heavy atom. The lowest BCUT2D eigenvalue weighted by Crippen LogP contribution is -2.43. The monoisotopic (exact) mass is 318 g/mol. The number of aryl methyl sites for hydroxylation is 1. The molecule has 0 aliphatic carbocycles. The molecule has 1 aliphatic rings. The number of carbonyl (C=O) groups excluding carboxylic acids is 2. The molecule has 22 heavy (non-hydrogen) atoms. The number of rotatable bonds is 2. The van der Waals surface area contributed by atoms with Gasteiger partial charge < -0.3 is 10.6 Å². The number of anilines is 1. The molecular weight excluding hydrogens is 304 g/mol. The minimum Gasteiger partial charge on any atom is -0.365 e. The molecule has 1 aromatic heterocycles. The lowest BCUT2D eigenvalue weighted by Gasteiger charge is -2.32. The van der Waals surface area contributed by atoms with Gasteiger partial charge in [-0.3, -0.25) is 14.3 Å². The molecular formula is C15H15ClN4O2. The van der Waals surface area contributed by atoms with Crippen LogP contribution in [0.2, 0.25) is 5.02 Å². The first-order chi connectivity index (χ1) is 10.4. The zero-order valence-corrected chi connectivity index (χ0v) is 13.0. The maximum atomic E-state index is 12.8. The second-order valence-corrected chi connectivity index (χ2v) is 5.82. The molecule has 7 heteroatoms. The van der Waals surface area contributed by atoms with Crippen LogP contribution in [0.5, 0.6) is 0 Å². The fourth-order valence-electron chi connectivity index (χ4n) is 2.66. The van der Waals surface area contributed by atoms with Crippen molar-refractivity contribution >= 4 is 29.1 Å². The topological polar surface area (TPSA) is 81.2 Å². The van der Waals surface area contributed by atoms with Crippen LogP contribution < -0.4 is 10.6 Å². The van der Waals surface area contributed by atoms with E-state index < -0.39 is 5.91 Å². The molecule has 114 valence electrons. The van der Waals surface area contributed by atoms with Gasteiger partial charge in [0.25, 0.3) is 11.8 Å². The van der Waals surface area contributed by atoms with Crippen LogP contribution in [0, 0.1) is 6.92 Å². The van der Waals surface area contributed by atoms with Crippen LogP contribution in [0.25, 0.3) is 0 Å². The van der Waals surface area contributed by atoms with Crippen LogP contribution in [0.15, 0.2) is 24.4 Å². The van der Waals surface area contributed by atoms with E-state index in [4.69, 9.17) is 17.3 Å². The zero-order chi connectivity index (χ0) is 16.0. The van der Waals surface area contributed by atoms with Crippen molar-refractivity contribution in [2.75, 3.05) is 11.4 Å². The Labute approximate surface area is 132 Å². The summed E-state index contributed by atoms with van der Waals surface area (Å²) in [5.74, 6) is -0.943. The van der Waals surface area contributed by atoms with Gasteiger partial charge in [-0.15, -0.1) is 0 Å². The minimum atomic E-state index is -0.657. The molecule has 1 atom stereocenters. The molecule has 0 spiro atoms. The van der Waals surface area contributed by atoms with Crippen molar-refractivity contribution in [1.29, 1.82) is 0 Å². The summed E-state index contributed by atoms with van der Waals surface area (Å²) >= 11 is 6.04. The number of aromatic nitrogens is 2. The molecule has 2 amide bonds. The minimum absolute atomic E-state index is 0.0585. The van der Waals surface area contributed by atoms with Crippen LogP contribution in [-0.4, -0.2) is 28.1 Å². The summed E-state index contributed by atoms with van der Waals surface area (Å²) in [7, 11) is 0. The summed E-state index contributed by atoms with van der Waals surface area (Å²) < 4.78 is 1.56. The summed E-state index contributed by atoms with van der Waals surface area (Å²) in [6.07, 6.45) is 1.35. The van der Waals surface area contributed by atoms with E-state index in [1.165, 1.54) is 6.20 Å². The first kappa shape index (κ1) is 14.6. The number of hydrogen-bond donors (Lipinski definition) is 1. The van der Waals surface area contributed by atoms with Crippen molar-refractivity contribution in [3.63, 3.8) is 0 Å². The van der Waals surface area contributed by atoms with Gasteiger partial charge in [-0.25, -0.2) is 0 Å². The van der Waals surface area contributed by atoms with E-state index >= 15 is 0 Å². The zero-order valence-electron chi connectivity index (χ0n) is 12.2. The summed E-state index contributed by atoms with van der Waals surface area (Å²) in [4.78, 5) is 25.9. The van der Waals surface area contributed by atoms with E-state index in [1.54, 1.807) is 21.7 Å². The van der Waals surface area contributed by atoms with E-state index in [1.807, 2.05) is 19.9 Å². The summed E-state index contributed by atoms with van der Waals surface area (Å²) in [6.45, 7) is 4.28. The van der Waals surface area contributed by atoms with Crippen molar-refractivity contribution in [1.82, 2.24) is 9.78 Å². The lowest BCUT2D eigenvalue weighted by atomic mass is 10.1. The molecule has 1 aliphatic heterocycles. The van der Waals surface area contributed by atoms with Gasteiger partial charge >= 0.3 is 0 Å². The molecule has 2 heterocycles. The number of nitrogens with zero attached hydrogens (tertiary/aromatic N) is 3. The highest BCUT2D eigenvalue weighted by Gasteiger charge is 2.34. The number of amides is 2. The maximum absolute atomic E-state index is 12.8. The Morgan fingerprint density at radius 2 is 2.18 bits per heavy atom. The molecule has 1 aromatic carbocycles. The molecule has 2 aromatic rings. The molecule has 3 rings (SSSR count). The molecule has 0 saturated heterocycles. The van der Waals surface area contributed by atoms with E-state index in [2.05, 4.69) is 5.10 Å². The number of primary amides is 1. The van der Waals surface area contributed by atoms with Gasteiger partial charge in [0.2, 0.25) is 0 Å². The molecule has 0 saturated carbocycles. The van der Waals surface area contributed by atoms with Crippen molar-refractivity contribution in [2.24, 2.45) is 5.73 Å². The third-order valence-corrected chi connectivity index (χ3v) is 4.25. The van der Waals surface area contributed by atoms with Gasteiger partial charge in [-0.05, 0) is 37.6 Å². The molecule has 0 bridgehead atoms. The molecule has 2 N–H and O–H groups in total. The Morgan fingerprint density at radius 3 is 2.82 bits per heavy atom. The summed E-state index contributed by atoms with van der Waals surface area (Å²) in [5.41, 5.74) is 7.34. The van der Waals surface area contributed by atoms with Gasteiger partial charge in [-0.1, -0.05) is 11.6 Å². The van der Waals surface area contributed by atoms with E-state index in [0.29, 0.717) is 11.6 Å². The van der Waals surface area contributed by atoms with Crippen LogP contribution in [0.1, 0.15) is 39.4 Å². The van der Waals surface area contributed by atoms with Crippen LogP contribution >= 0.6 is 11.6 Å². The largest absolute Gasteiger partial charge is 0.365 e. The average molecular weight is 319 g/mol. The average Bonchev–Trinajstić information content (AvgIpc) is 2.92. The first-order valence-electron chi connectivity index (χ1n) is 6.85. The third kappa shape index (κ3) is 2.16. The fraction of sp³-hybridized carbons (Fsp3) is 0.267. The Bertz CT molecular complexity index is 784. The third-order valence-electron chi connectivity index (χ3n) is 3.83. The predicted octanol–water partition coefficient (Wildman–Crippen LogP) is 2.17. The van der Waals surface area contributed by atoms with Crippen molar-refractivity contribution in [2.45, 2.75) is 19.9 Å². The van der Waals surface area contributed by atoms with Crippen molar-refractivity contribution in [3.8, 4) is 0 Å². The first-order valence-corrected chi connectivity index (χ1v) is 7.23. The summed E-state index contributed by atoms with van der Waals surface area (Å²) in [6, 6.07) is 5.33. The Balaban J connectivity index is 2.09. The Kier molecular flexibility index (Phi) is 3.41. The second-order valence-electron chi connectivity index (χ2n) is 5.41. The lowest BCUT2D eigenvalue weighted by molar-refractivity contribution is 0.0934. The van der Waals surface area contributed by atoms with E-state index in [9.17, 15) is 9.59 Å². The Hall–Kier alpha value is -2.34. The quantitative estimate of drug-likeness (QED) is 0.921. The number of nitrogens with two attached hydrogens (primary N) is 1. The normalized spacial score (nSPS) is 17.5. The highest BCUT2D eigenvalue weighted by molar-refractivity contribution is 6.31. The van der Waals surface area contributed by atoms with Crippen LogP contribution in [-0.2, 0) is 0 Å². The van der Waals surface area contributed by atoms with E-state index in [-0.39, 0.29) is 23.2 Å². The van der Waals surface area contributed by atoms with Crippen LogP contribution in [0.4, 0.5) is 5.69 Å². The molecule has 6 nitrogen and oxygen atoms in total. The van der Waals surface area contributed by atoms with Crippen molar-refractivity contribution < 1.29 is 9.59 Å². The standard InChI is InChI=1S/C15H15ClN4O2/c1-8-5-10(3-4-12(8)16)19-7-9(2)20-13(15(19)22)11(6-18-20)14(17)21/h3-6,9H,7H2,1-2H3,(H2,17,21)/t9-/m0/s1. The summed E-state index contributed by atoms with van der Waals surface area (Å²) in [5, 5.41) is 4.76. The number of benzene rings is 1. The van der Waals surface area contributed by atoms with Gasteiger partial charge in [0.15, 0.2) is 0 Å². The van der Waals surface area contributed by atoms with E-state index in [0.717, 1.165) is 11.3 Å². The fourth-order valence-corrected chi connectivity index (χ4v) is 2.78. The van der Waals surface area contributed by atoms with Gasteiger partial charge in [0.05, 0.1) is 17.8 Å². The molecule has 0 radical (unpaired) electrons. The highest BCUT2D eigenvalue weighted by atomic mass is 35.5.